The van der Waals surface area contributed by atoms with E-state index in [1.807, 2.05) is 84.9 Å². The molecule has 0 unspecified atom stereocenters. The minimum Gasteiger partial charge on any atom is -0.489 e. The van der Waals surface area contributed by atoms with E-state index in [-0.39, 0.29) is 0 Å². The van der Waals surface area contributed by atoms with E-state index in [0.717, 1.165) is 45.2 Å². The van der Waals surface area contributed by atoms with Gasteiger partial charge in [0.25, 0.3) is 0 Å². The second-order valence-corrected chi connectivity index (χ2v) is 9.59. The Labute approximate surface area is 227 Å². The van der Waals surface area contributed by atoms with Gasteiger partial charge in [-0.2, -0.15) is 0 Å². The Kier molecular flexibility index (Phi) is 7.91. The molecule has 0 bridgehead atoms. The molecule has 0 amide bonds. The molecule has 0 atom stereocenters. The number of aliphatic carboxylic acids is 1. The molecule has 190 valence electrons. The summed E-state index contributed by atoms with van der Waals surface area (Å²) in [6.07, 6.45) is 1.25. The third-order valence-corrected chi connectivity index (χ3v) is 6.60. The smallest absolute Gasteiger partial charge is 0.341 e. The van der Waals surface area contributed by atoms with Gasteiger partial charge in [-0.25, -0.2) is 4.79 Å². The minimum absolute atomic E-state index is 0.419. The molecular weight excluding hydrogens is 496 g/mol. The van der Waals surface area contributed by atoms with Crippen LogP contribution in [-0.2, 0) is 24.2 Å². The Hall–Kier alpha value is -4.28. The summed E-state index contributed by atoms with van der Waals surface area (Å²) in [6, 6.07) is 36.1. The first-order chi connectivity index (χ1) is 18.5. The van der Waals surface area contributed by atoms with E-state index in [1.54, 1.807) is 0 Å². The van der Waals surface area contributed by atoms with Crippen LogP contribution in [0.2, 0.25) is 5.02 Å². The first kappa shape index (κ1) is 25.4. The van der Waals surface area contributed by atoms with Crippen molar-refractivity contribution in [3.8, 4) is 11.5 Å². The zero-order chi connectivity index (χ0) is 26.3. The quantitative estimate of drug-likeness (QED) is 0.204. The summed E-state index contributed by atoms with van der Waals surface area (Å²) >= 11 is 6.27. The van der Waals surface area contributed by atoms with Gasteiger partial charge < -0.3 is 14.6 Å². The number of carboxylic acid groups (broad SMARTS) is 1. The van der Waals surface area contributed by atoms with E-state index >= 15 is 0 Å². The second kappa shape index (κ2) is 11.8. The zero-order valence-electron chi connectivity index (χ0n) is 20.8. The molecule has 38 heavy (non-hydrogen) atoms. The Bertz CT molecular complexity index is 1550. The monoisotopic (exact) mass is 522 g/mol. The standard InChI is InChI=1S/C33H27ClO4/c34-28-13-7-12-25(17-28)18-30-29-20-32(37-21-24-10-5-2-6-11-24)27(16-23-8-3-1-4-9-23)19-26(29)14-15-31(30)38-22-33(35)36/h1-15,17,19-20H,16,18,21-22H2,(H,35,36). The van der Waals surface area contributed by atoms with E-state index in [0.29, 0.717) is 23.8 Å². The number of carbonyl (C=O) groups is 1. The van der Waals surface area contributed by atoms with E-state index in [9.17, 15) is 9.90 Å². The number of hydrogen-bond acceptors (Lipinski definition) is 3. The van der Waals surface area contributed by atoms with Crippen molar-refractivity contribution in [2.75, 3.05) is 6.61 Å². The number of carboxylic acids is 1. The van der Waals surface area contributed by atoms with Gasteiger partial charge in [-0.3, -0.25) is 0 Å². The van der Waals surface area contributed by atoms with Gasteiger partial charge in [0.1, 0.15) is 18.1 Å². The van der Waals surface area contributed by atoms with Crippen molar-refractivity contribution in [1.29, 1.82) is 0 Å². The SMILES string of the molecule is O=C(O)COc1ccc2cc(Cc3ccccc3)c(OCc3ccccc3)cc2c1Cc1cccc(Cl)c1. The highest BCUT2D eigenvalue weighted by Crippen LogP contribution is 2.36. The van der Waals surface area contributed by atoms with Crippen LogP contribution in [0.1, 0.15) is 27.8 Å². The fourth-order valence-electron chi connectivity index (χ4n) is 4.57. The van der Waals surface area contributed by atoms with Crippen molar-refractivity contribution >= 4 is 28.3 Å². The summed E-state index contributed by atoms with van der Waals surface area (Å²) in [4.78, 5) is 11.3. The lowest BCUT2D eigenvalue weighted by molar-refractivity contribution is -0.139. The van der Waals surface area contributed by atoms with Gasteiger partial charge in [0, 0.05) is 23.4 Å². The lowest BCUT2D eigenvalue weighted by Gasteiger charge is -2.18. The van der Waals surface area contributed by atoms with E-state index in [2.05, 4.69) is 24.3 Å². The minimum atomic E-state index is -1.02. The maximum Gasteiger partial charge on any atom is 0.341 e. The normalized spacial score (nSPS) is 10.9. The largest absolute Gasteiger partial charge is 0.489 e. The van der Waals surface area contributed by atoms with Crippen molar-refractivity contribution < 1.29 is 19.4 Å². The molecule has 0 spiro atoms. The van der Waals surface area contributed by atoms with Crippen molar-refractivity contribution in [2.24, 2.45) is 0 Å². The maximum absolute atomic E-state index is 11.3. The van der Waals surface area contributed by atoms with Gasteiger partial charge >= 0.3 is 5.97 Å². The molecular formula is C33H27ClO4. The van der Waals surface area contributed by atoms with Gasteiger partial charge in [-0.15, -0.1) is 0 Å². The molecule has 4 nitrogen and oxygen atoms in total. The molecule has 0 radical (unpaired) electrons. The molecule has 0 aromatic heterocycles. The van der Waals surface area contributed by atoms with E-state index in [1.165, 1.54) is 5.56 Å². The van der Waals surface area contributed by atoms with Gasteiger partial charge in [0.15, 0.2) is 6.61 Å². The van der Waals surface area contributed by atoms with Crippen LogP contribution in [0.5, 0.6) is 11.5 Å². The number of rotatable bonds is 10. The molecule has 5 rings (SSSR count). The molecule has 5 heteroatoms. The molecule has 0 fully saturated rings. The maximum atomic E-state index is 11.3. The van der Waals surface area contributed by atoms with E-state index in [4.69, 9.17) is 21.1 Å². The first-order valence-corrected chi connectivity index (χ1v) is 12.8. The molecule has 1 N–H and O–H groups in total. The summed E-state index contributed by atoms with van der Waals surface area (Å²) in [7, 11) is 0. The number of ether oxygens (including phenoxy) is 2. The number of fused-ring (bicyclic) bond motifs is 1. The molecule has 5 aromatic carbocycles. The van der Waals surface area contributed by atoms with Crippen molar-refractivity contribution in [3.63, 3.8) is 0 Å². The van der Waals surface area contributed by atoms with Crippen LogP contribution in [-0.4, -0.2) is 17.7 Å². The molecule has 0 saturated carbocycles. The Morgan fingerprint density at radius 1 is 0.684 bits per heavy atom. The third kappa shape index (κ3) is 6.34. The van der Waals surface area contributed by atoms with Gasteiger partial charge in [-0.1, -0.05) is 90.5 Å². The van der Waals surface area contributed by atoms with Crippen LogP contribution in [0.3, 0.4) is 0 Å². The van der Waals surface area contributed by atoms with Gasteiger partial charge in [0.2, 0.25) is 0 Å². The highest BCUT2D eigenvalue weighted by molar-refractivity contribution is 6.30. The number of halogens is 1. The summed E-state index contributed by atoms with van der Waals surface area (Å²) in [5, 5.41) is 11.9. The summed E-state index contributed by atoms with van der Waals surface area (Å²) < 4.78 is 12.1. The molecule has 5 aromatic rings. The number of benzene rings is 5. The first-order valence-electron chi connectivity index (χ1n) is 12.4. The predicted molar refractivity (Wildman–Crippen MR) is 151 cm³/mol. The Balaban J connectivity index is 1.61. The van der Waals surface area contributed by atoms with Crippen LogP contribution in [0.15, 0.2) is 109 Å². The Morgan fingerprint density at radius 3 is 2.11 bits per heavy atom. The fraction of sp³-hybridized carbons (Fsp3) is 0.121. The van der Waals surface area contributed by atoms with Crippen LogP contribution in [0.25, 0.3) is 10.8 Å². The van der Waals surface area contributed by atoms with Gasteiger partial charge in [-0.05, 0) is 63.4 Å². The third-order valence-electron chi connectivity index (χ3n) is 6.37. The van der Waals surface area contributed by atoms with Crippen molar-refractivity contribution in [1.82, 2.24) is 0 Å². The number of hydrogen-bond donors (Lipinski definition) is 1. The van der Waals surface area contributed by atoms with Crippen molar-refractivity contribution in [2.45, 2.75) is 19.4 Å². The van der Waals surface area contributed by atoms with Crippen LogP contribution >= 0.6 is 11.6 Å². The molecule has 0 saturated heterocycles. The van der Waals surface area contributed by atoms with Crippen LogP contribution in [0, 0.1) is 0 Å². The highest BCUT2D eigenvalue weighted by atomic mass is 35.5. The average Bonchev–Trinajstić information content (AvgIpc) is 2.92. The topological polar surface area (TPSA) is 55.8 Å². The second-order valence-electron chi connectivity index (χ2n) is 9.15. The summed E-state index contributed by atoms with van der Waals surface area (Å²) in [6.45, 7) is 0.0183. The van der Waals surface area contributed by atoms with Gasteiger partial charge in [0.05, 0.1) is 0 Å². The van der Waals surface area contributed by atoms with Crippen molar-refractivity contribution in [3.05, 3.63) is 142 Å². The average molecular weight is 523 g/mol. The zero-order valence-corrected chi connectivity index (χ0v) is 21.5. The van der Waals surface area contributed by atoms with Crippen LogP contribution in [0.4, 0.5) is 0 Å². The molecule has 0 aliphatic heterocycles. The van der Waals surface area contributed by atoms with E-state index < -0.39 is 12.6 Å². The molecule has 0 aliphatic carbocycles. The highest BCUT2D eigenvalue weighted by Gasteiger charge is 2.16. The summed E-state index contributed by atoms with van der Waals surface area (Å²) in [5.74, 6) is 0.293. The Morgan fingerprint density at radius 2 is 1.39 bits per heavy atom. The lowest BCUT2D eigenvalue weighted by atomic mass is 9.94. The predicted octanol–water partition coefficient (Wildman–Crippen LogP) is 7.72. The summed E-state index contributed by atoms with van der Waals surface area (Å²) in [5.41, 5.74) is 5.24. The fourth-order valence-corrected chi connectivity index (χ4v) is 4.79. The molecule has 0 aliphatic rings. The molecule has 0 heterocycles. The van der Waals surface area contributed by atoms with Crippen LogP contribution < -0.4 is 9.47 Å². The lowest BCUT2D eigenvalue weighted by Crippen LogP contribution is -2.11.